The molecular formula is C23H25ClN4O3. The van der Waals surface area contributed by atoms with Crippen LogP contribution in [0, 0.1) is 5.92 Å². The summed E-state index contributed by atoms with van der Waals surface area (Å²) in [5, 5.41) is 12.1. The second-order valence-electron chi connectivity index (χ2n) is 7.55. The maximum atomic E-state index is 12.5. The summed E-state index contributed by atoms with van der Waals surface area (Å²) in [6, 6.07) is 17.0. The van der Waals surface area contributed by atoms with Crippen molar-refractivity contribution < 1.29 is 14.3 Å². The topological polar surface area (TPSA) is 78.3 Å². The summed E-state index contributed by atoms with van der Waals surface area (Å²) in [7, 11) is 0. The fraction of sp³-hybridized carbons (Fsp3) is 0.348. The molecule has 3 aromatic rings. The van der Waals surface area contributed by atoms with Gasteiger partial charge in [0, 0.05) is 10.9 Å². The summed E-state index contributed by atoms with van der Waals surface area (Å²) in [5.74, 6) is 1.60. The highest BCUT2D eigenvalue weighted by Crippen LogP contribution is 2.34. The highest BCUT2D eigenvalue weighted by Gasteiger charge is 2.31. The predicted octanol–water partition coefficient (Wildman–Crippen LogP) is 4.05. The molecule has 0 radical (unpaired) electrons. The van der Waals surface area contributed by atoms with Crippen LogP contribution in [-0.2, 0) is 11.4 Å². The molecule has 1 heterocycles. The van der Waals surface area contributed by atoms with Gasteiger partial charge in [0.1, 0.15) is 30.4 Å². The summed E-state index contributed by atoms with van der Waals surface area (Å²) >= 11 is 5.88. The lowest BCUT2D eigenvalue weighted by atomic mass is 10.1. The first-order valence-corrected chi connectivity index (χ1v) is 10.8. The molecule has 2 atom stereocenters. The predicted molar refractivity (Wildman–Crippen MR) is 117 cm³/mol. The summed E-state index contributed by atoms with van der Waals surface area (Å²) < 4.78 is 13.2. The number of hydrogen-bond acceptors (Lipinski definition) is 5. The maximum Gasteiger partial charge on any atom is 0.223 e. The zero-order valence-electron chi connectivity index (χ0n) is 17.1. The average Bonchev–Trinajstić information content (AvgIpc) is 3.47. The lowest BCUT2D eigenvalue weighted by Crippen LogP contribution is -2.32. The van der Waals surface area contributed by atoms with E-state index in [1.165, 1.54) is 0 Å². The largest absolute Gasteiger partial charge is 0.492 e. The molecule has 1 aromatic heterocycles. The number of para-hydroxylation sites is 1. The number of carbonyl (C=O) groups is 1. The summed E-state index contributed by atoms with van der Waals surface area (Å²) in [5.41, 5.74) is 0.751. The van der Waals surface area contributed by atoms with Gasteiger partial charge < -0.3 is 14.8 Å². The van der Waals surface area contributed by atoms with Crippen LogP contribution in [0.4, 0.5) is 0 Å². The van der Waals surface area contributed by atoms with Crippen molar-refractivity contribution in [1.82, 2.24) is 20.3 Å². The van der Waals surface area contributed by atoms with Gasteiger partial charge in [-0.25, -0.2) is 4.68 Å². The highest BCUT2D eigenvalue weighted by molar-refractivity contribution is 6.30. The standard InChI is InChI=1S/C23H25ClN4O3/c24-18-7-10-22(11-8-18)31-16-19-15-28(27-26-19)20-9-6-17(14-20)23(29)25-12-13-30-21-4-2-1-3-5-21/h1-5,7-8,10-11,15,17,20H,6,9,12-14,16H2,(H,25,29). The molecular weight excluding hydrogens is 416 g/mol. The number of amides is 1. The van der Waals surface area contributed by atoms with E-state index in [4.69, 9.17) is 21.1 Å². The SMILES string of the molecule is O=C(NCCOc1ccccc1)C1CCC(n2cc(COc3ccc(Cl)cc3)nn2)C1. The Labute approximate surface area is 186 Å². The molecule has 0 bridgehead atoms. The Morgan fingerprint density at radius 2 is 1.84 bits per heavy atom. The number of benzene rings is 2. The molecule has 2 aromatic carbocycles. The Bertz CT molecular complexity index is 978. The first-order chi connectivity index (χ1) is 15.2. The molecule has 1 saturated carbocycles. The lowest BCUT2D eigenvalue weighted by Gasteiger charge is -2.12. The van der Waals surface area contributed by atoms with Gasteiger partial charge >= 0.3 is 0 Å². The lowest BCUT2D eigenvalue weighted by molar-refractivity contribution is -0.124. The van der Waals surface area contributed by atoms with Gasteiger partial charge in [0.2, 0.25) is 5.91 Å². The molecule has 1 N–H and O–H groups in total. The number of nitrogens with one attached hydrogen (secondary N) is 1. The number of ether oxygens (including phenoxy) is 2. The second kappa shape index (κ2) is 10.3. The van der Waals surface area contributed by atoms with Crippen molar-refractivity contribution in [1.29, 1.82) is 0 Å². The Morgan fingerprint density at radius 1 is 1.06 bits per heavy atom. The van der Waals surface area contributed by atoms with E-state index in [-0.39, 0.29) is 17.9 Å². The smallest absolute Gasteiger partial charge is 0.223 e. The molecule has 2 unspecified atom stereocenters. The van der Waals surface area contributed by atoms with E-state index in [1.807, 2.05) is 53.3 Å². The van der Waals surface area contributed by atoms with Crippen LogP contribution in [0.25, 0.3) is 0 Å². The quantitative estimate of drug-likeness (QED) is 0.508. The number of nitrogens with zero attached hydrogens (tertiary/aromatic N) is 3. The second-order valence-corrected chi connectivity index (χ2v) is 7.99. The van der Waals surface area contributed by atoms with Crippen LogP contribution >= 0.6 is 11.6 Å². The van der Waals surface area contributed by atoms with Gasteiger partial charge in [-0.05, 0) is 55.7 Å². The number of carbonyl (C=O) groups excluding carboxylic acids is 1. The number of aromatic nitrogens is 3. The molecule has 1 fully saturated rings. The van der Waals surface area contributed by atoms with Crippen LogP contribution < -0.4 is 14.8 Å². The highest BCUT2D eigenvalue weighted by atomic mass is 35.5. The molecule has 8 heteroatoms. The monoisotopic (exact) mass is 440 g/mol. The van der Waals surface area contributed by atoms with E-state index in [0.29, 0.717) is 24.8 Å². The third-order valence-corrected chi connectivity index (χ3v) is 5.57. The summed E-state index contributed by atoms with van der Waals surface area (Å²) in [6.07, 6.45) is 4.40. The van der Waals surface area contributed by atoms with Crippen LogP contribution in [-0.4, -0.2) is 34.1 Å². The Hall–Kier alpha value is -3.06. The van der Waals surface area contributed by atoms with Crippen LogP contribution in [0.15, 0.2) is 60.8 Å². The van der Waals surface area contributed by atoms with Gasteiger partial charge in [0.05, 0.1) is 18.8 Å². The number of halogens is 1. The average molecular weight is 441 g/mol. The maximum absolute atomic E-state index is 12.5. The van der Waals surface area contributed by atoms with E-state index in [1.54, 1.807) is 12.1 Å². The molecule has 162 valence electrons. The molecule has 4 rings (SSSR count). The summed E-state index contributed by atoms with van der Waals surface area (Å²) in [4.78, 5) is 12.5. The summed E-state index contributed by atoms with van der Waals surface area (Å²) in [6.45, 7) is 1.27. The minimum Gasteiger partial charge on any atom is -0.492 e. The zero-order chi connectivity index (χ0) is 21.5. The van der Waals surface area contributed by atoms with E-state index >= 15 is 0 Å². The van der Waals surface area contributed by atoms with Crippen molar-refractivity contribution in [2.45, 2.75) is 31.9 Å². The fourth-order valence-corrected chi connectivity index (χ4v) is 3.81. The van der Waals surface area contributed by atoms with Gasteiger partial charge in [-0.3, -0.25) is 4.79 Å². The Balaban J connectivity index is 1.19. The van der Waals surface area contributed by atoms with E-state index in [2.05, 4.69) is 15.6 Å². The molecule has 0 saturated heterocycles. The van der Waals surface area contributed by atoms with Crippen LogP contribution in [0.5, 0.6) is 11.5 Å². The molecule has 1 aliphatic carbocycles. The molecule has 0 spiro atoms. The van der Waals surface area contributed by atoms with Crippen molar-refractivity contribution in [2.24, 2.45) is 5.92 Å². The van der Waals surface area contributed by atoms with Gasteiger partial charge in [0.25, 0.3) is 0 Å². The first kappa shape index (κ1) is 21.2. The number of rotatable bonds is 9. The van der Waals surface area contributed by atoms with E-state index in [9.17, 15) is 4.79 Å². The van der Waals surface area contributed by atoms with Crippen molar-refractivity contribution in [3.05, 3.63) is 71.5 Å². The molecule has 1 amide bonds. The zero-order valence-corrected chi connectivity index (χ0v) is 17.9. The van der Waals surface area contributed by atoms with E-state index in [0.717, 1.165) is 36.5 Å². The normalized spacial score (nSPS) is 18.0. The van der Waals surface area contributed by atoms with Crippen molar-refractivity contribution in [3.63, 3.8) is 0 Å². The van der Waals surface area contributed by atoms with Gasteiger partial charge in [0.15, 0.2) is 0 Å². The van der Waals surface area contributed by atoms with Gasteiger partial charge in [-0.15, -0.1) is 5.10 Å². The Kier molecular flexibility index (Phi) is 7.04. The number of hydrogen-bond donors (Lipinski definition) is 1. The third-order valence-electron chi connectivity index (χ3n) is 5.32. The van der Waals surface area contributed by atoms with Gasteiger partial charge in [-0.2, -0.15) is 0 Å². The minimum absolute atomic E-state index is 0.0142. The van der Waals surface area contributed by atoms with Crippen molar-refractivity contribution in [3.8, 4) is 11.5 Å². The van der Waals surface area contributed by atoms with Crippen molar-refractivity contribution in [2.75, 3.05) is 13.2 Å². The minimum atomic E-state index is -0.0142. The van der Waals surface area contributed by atoms with Crippen LogP contribution in [0.3, 0.4) is 0 Å². The first-order valence-electron chi connectivity index (χ1n) is 10.4. The fourth-order valence-electron chi connectivity index (χ4n) is 3.69. The molecule has 1 aliphatic rings. The third kappa shape index (κ3) is 5.98. The van der Waals surface area contributed by atoms with E-state index < -0.39 is 0 Å². The van der Waals surface area contributed by atoms with Crippen LogP contribution in [0.2, 0.25) is 5.02 Å². The van der Waals surface area contributed by atoms with Crippen molar-refractivity contribution >= 4 is 17.5 Å². The molecule has 7 nitrogen and oxygen atoms in total. The van der Waals surface area contributed by atoms with Crippen LogP contribution in [0.1, 0.15) is 31.0 Å². The molecule has 0 aliphatic heterocycles. The molecule has 31 heavy (non-hydrogen) atoms. The Morgan fingerprint density at radius 3 is 2.65 bits per heavy atom. The van der Waals surface area contributed by atoms with Gasteiger partial charge in [-0.1, -0.05) is 35.0 Å².